The molecule has 0 aromatic heterocycles. The molecular formula is C17H21ClN2O2. The number of hydrogen-bond acceptors (Lipinski definition) is 2. The molecular weight excluding hydrogens is 300 g/mol. The van der Waals surface area contributed by atoms with E-state index in [-0.39, 0.29) is 30.2 Å². The fourth-order valence-corrected chi connectivity index (χ4v) is 2.60. The van der Waals surface area contributed by atoms with Crippen LogP contribution in [-0.4, -0.2) is 18.4 Å². The molecule has 0 spiro atoms. The van der Waals surface area contributed by atoms with E-state index in [2.05, 4.69) is 10.6 Å². The predicted molar refractivity (Wildman–Crippen MR) is 87.5 cm³/mol. The molecule has 1 aliphatic rings. The van der Waals surface area contributed by atoms with Crippen LogP contribution in [-0.2, 0) is 9.59 Å². The minimum absolute atomic E-state index is 0.0871. The van der Waals surface area contributed by atoms with Crippen LogP contribution in [0.25, 0.3) is 0 Å². The molecule has 2 rings (SSSR count). The van der Waals surface area contributed by atoms with Gasteiger partial charge in [-0.1, -0.05) is 42.8 Å². The quantitative estimate of drug-likeness (QED) is 0.782. The third-order valence-electron chi connectivity index (χ3n) is 3.68. The Labute approximate surface area is 135 Å². The number of benzene rings is 1. The molecule has 1 aromatic rings. The SMILES string of the molecule is C[C@@H]1CC(=O)NCC/C=C\C[C@@H](c2cccc(Cl)c2)NC1=O. The lowest BCUT2D eigenvalue weighted by molar-refractivity contribution is -0.130. The van der Waals surface area contributed by atoms with Crippen molar-refractivity contribution in [3.63, 3.8) is 0 Å². The zero-order valence-corrected chi connectivity index (χ0v) is 13.4. The highest BCUT2D eigenvalue weighted by molar-refractivity contribution is 6.30. The van der Waals surface area contributed by atoms with Crippen molar-refractivity contribution >= 4 is 23.4 Å². The van der Waals surface area contributed by atoms with E-state index in [4.69, 9.17) is 11.6 Å². The van der Waals surface area contributed by atoms with Gasteiger partial charge in [-0.3, -0.25) is 9.59 Å². The van der Waals surface area contributed by atoms with Crippen LogP contribution in [0.2, 0.25) is 5.02 Å². The van der Waals surface area contributed by atoms with Crippen LogP contribution in [0.1, 0.15) is 37.8 Å². The van der Waals surface area contributed by atoms with E-state index >= 15 is 0 Å². The van der Waals surface area contributed by atoms with Crippen molar-refractivity contribution in [2.24, 2.45) is 5.92 Å². The first-order valence-corrected chi connectivity index (χ1v) is 7.91. The number of hydrogen-bond donors (Lipinski definition) is 2. The fraction of sp³-hybridized carbons (Fsp3) is 0.412. The summed E-state index contributed by atoms with van der Waals surface area (Å²) in [5.41, 5.74) is 0.971. The third kappa shape index (κ3) is 4.88. The zero-order valence-electron chi connectivity index (χ0n) is 12.6. The summed E-state index contributed by atoms with van der Waals surface area (Å²) in [6.07, 6.45) is 5.75. The minimum Gasteiger partial charge on any atom is -0.356 e. The first-order chi connectivity index (χ1) is 10.6. The molecule has 5 heteroatoms. The average molecular weight is 321 g/mol. The molecule has 1 heterocycles. The summed E-state index contributed by atoms with van der Waals surface area (Å²) in [7, 11) is 0. The summed E-state index contributed by atoms with van der Waals surface area (Å²) in [6, 6.07) is 7.37. The molecule has 0 saturated carbocycles. The number of halogens is 1. The Morgan fingerprint density at radius 1 is 1.23 bits per heavy atom. The van der Waals surface area contributed by atoms with Crippen LogP contribution >= 0.6 is 11.6 Å². The van der Waals surface area contributed by atoms with E-state index in [0.29, 0.717) is 18.0 Å². The molecule has 2 atom stereocenters. The highest BCUT2D eigenvalue weighted by Gasteiger charge is 2.21. The van der Waals surface area contributed by atoms with Crippen molar-refractivity contribution in [2.45, 2.75) is 32.2 Å². The molecule has 118 valence electrons. The van der Waals surface area contributed by atoms with E-state index in [1.807, 2.05) is 36.4 Å². The van der Waals surface area contributed by atoms with Gasteiger partial charge in [0.1, 0.15) is 0 Å². The normalized spacial score (nSPS) is 25.4. The Balaban J connectivity index is 2.19. The first-order valence-electron chi connectivity index (χ1n) is 7.54. The Hall–Kier alpha value is -1.81. The van der Waals surface area contributed by atoms with Gasteiger partial charge in [0.05, 0.1) is 6.04 Å². The van der Waals surface area contributed by atoms with Crippen molar-refractivity contribution in [1.82, 2.24) is 10.6 Å². The van der Waals surface area contributed by atoms with Crippen molar-refractivity contribution in [2.75, 3.05) is 6.54 Å². The Morgan fingerprint density at radius 2 is 2.05 bits per heavy atom. The van der Waals surface area contributed by atoms with Crippen LogP contribution in [0.4, 0.5) is 0 Å². The van der Waals surface area contributed by atoms with Crippen molar-refractivity contribution in [3.8, 4) is 0 Å². The number of carbonyl (C=O) groups is 2. The van der Waals surface area contributed by atoms with Gasteiger partial charge in [-0.2, -0.15) is 0 Å². The maximum absolute atomic E-state index is 12.3. The van der Waals surface area contributed by atoms with E-state index in [0.717, 1.165) is 12.0 Å². The van der Waals surface area contributed by atoms with Crippen molar-refractivity contribution in [3.05, 3.63) is 47.0 Å². The highest BCUT2D eigenvalue weighted by atomic mass is 35.5. The largest absolute Gasteiger partial charge is 0.356 e. The van der Waals surface area contributed by atoms with Crippen LogP contribution in [0.5, 0.6) is 0 Å². The van der Waals surface area contributed by atoms with E-state index in [9.17, 15) is 9.59 Å². The lowest BCUT2D eigenvalue weighted by Crippen LogP contribution is -2.36. The van der Waals surface area contributed by atoms with Gasteiger partial charge >= 0.3 is 0 Å². The molecule has 2 amide bonds. The maximum atomic E-state index is 12.3. The standard InChI is InChI=1S/C17H21ClN2O2/c1-12-10-16(21)19-9-4-2-3-8-15(20-17(12)22)13-6-5-7-14(18)11-13/h2-3,5-7,11-12,15H,4,8-10H2,1H3,(H,19,21)(H,20,22)/b3-2-/t12-,15+/m1/s1. The summed E-state index contributed by atoms with van der Waals surface area (Å²) < 4.78 is 0. The lowest BCUT2D eigenvalue weighted by atomic mass is 10.0. The zero-order chi connectivity index (χ0) is 15.9. The van der Waals surface area contributed by atoms with Gasteiger partial charge in [-0.15, -0.1) is 0 Å². The van der Waals surface area contributed by atoms with Crippen LogP contribution in [0.3, 0.4) is 0 Å². The van der Waals surface area contributed by atoms with Crippen LogP contribution < -0.4 is 10.6 Å². The number of amides is 2. The van der Waals surface area contributed by atoms with Gasteiger partial charge in [-0.25, -0.2) is 0 Å². The lowest BCUT2D eigenvalue weighted by Gasteiger charge is -2.21. The molecule has 22 heavy (non-hydrogen) atoms. The summed E-state index contributed by atoms with van der Waals surface area (Å²) in [6.45, 7) is 2.37. The minimum atomic E-state index is -0.356. The Morgan fingerprint density at radius 3 is 2.82 bits per heavy atom. The second kappa shape index (κ2) is 7.99. The molecule has 1 aliphatic heterocycles. The predicted octanol–water partition coefficient (Wildman–Crippen LogP) is 2.99. The number of nitrogens with one attached hydrogen (secondary N) is 2. The Bertz CT molecular complexity index is 572. The van der Waals surface area contributed by atoms with Crippen molar-refractivity contribution in [1.29, 1.82) is 0 Å². The average Bonchev–Trinajstić information content (AvgIpc) is 2.48. The second-order valence-electron chi connectivity index (χ2n) is 5.57. The van der Waals surface area contributed by atoms with Gasteiger partial charge in [0.2, 0.25) is 11.8 Å². The van der Waals surface area contributed by atoms with Gasteiger partial charge in [0.25, 0.3) is 0 Å². The van der Waals surface area contributed by atoms with Gasteiger partial charge in [-0.05, 0) is 30.5 Å². The maximum Gasteiger partial charge on any atom is 0.223 e. The molecule has 0 bridgehead atoms. The van der Waals surface area contributed by atoms with E-state index < -0.39 is 0 Å². The highest BCUT2D eigenvalue weighted by Crippen LogP contribution is 2.22. The molecule has 0 fully saturated rings. The number of rotatable bonds is 1. The van der Waals surface area contributed by atoms with Crippen molar-refractivity contribution < 1.29 is 9.59 Å². The fourth-order valence-electron chi connectivity index (χ4n) is 2.40. The van der Waals surface area contributed by atoms with Gasteiger partial charge < -0.3 is 10.6 Å². The smallest absolute Gasteiger partial charge is 0.223 e. The third-order valence-corrected chi connectivity index (χ3v) is 3.91. The molecule has 1 aromatic carbocycles. The molecule has 0 unspecified atom stereocenters. The monoisotopic (exact) mass is 320 g/mol. The van der Waals surface area contributed by atoms with Crippen LogP contribution in [0.15, 0.2) is 36.4 Å². The van der Waals surface area contributed by atoms with Crippen LogP contribution in [0, 0.1) is 5.92 Å². The van der Waals surface area contributed by atoms with Gasteiger partial charge in [0.15, 0.2) is 0 Å². The Kier molecular flexibility index (Phi) is 6.01. The second-order valence-corrected chi connectivity index (χ2v) is 6.00. The molecule has 2 N–H and O–H groups in total. The summed E-state index contributed by atoms with van der Waals surface area (Å²) in [4.78, 5) is 24.0. The molecule has 4 nitrogen and oxygen atoms in total. The van der Waals surface area contributed by atoms with E-state index in [1.54, 1.807) is 6.92 Å². The summed E-state index contributed by atoms with van der Waals surface area (Å²) >= 11 is 6.04. The summed E-state index contributed by atoms with van der Waals surface area (Å²) in [5.74, 6) is -0.560. The molecule has 0 aliphatic carbocycles. The van der Waals surface area contributed by atoms with Gasteiger partial charge in [0, 0.05) is 23.9 Å². The molecule has 0 saturated heterocycles. The first kappa shape index (κ1) is 16.6. The molecule has 0 radical (unpaired) electrons. The topological polar surface area (TPSA) is 58.2 Å². The summed E-state index contributed by atoms with van der Waals surface area (Å²) in [5, 5.41) is 6.48. The number of carbonyl (C=O) groups excluding carboxylic acids is 2. The van der Waals surface area contributed by atoms with E-state index in [1.165, 1.54) is 0 Å².